The molecule has 184 valence electrons. The van der Waals surface area contributed by atoms with Crippen molar-refractivity contribution in [3.05, 3.63) is 102 Å². The molecule has 0 unspecified atom stereocenters. The highest BCUT2D eigenvalue weighted by Crippen LogP contribution is 2.21. The van der Waals surface area contributed by atoms with Crippen LogP contribution >= 0.6 is 11.6 Å². The highest BCUT2D eigenvalue weighted by Gasteiger charge is 2.15. The van der Waals surface area contributed by atoms with Gasteiger partial charge in [-0.3, -0.25) is 0 Å². The first-order valence-corrected chi connectivity index (χ1v) is 11.1. The molecule has 4 rings (SSSR count). The average molecular weight is 502 g/mol. The van der Waals surface area contributed by atoms with Crippen LogP contribution in [0.2, 0.25) is 5.15 Å². The van der Waals surface area contributed by atoms with Gasteiger partial charge in [-0.2, -0.15) is 5.98 Å². The molecule has 35 heavy (non-hydrogen) atoms. The molecule has 0 bridgehead atoms. The van der Waals surface area contributed by atoms with Gasteiger partial charge in [-0.15, -0.1) is 6.58 Å². The number of hydrogen-bond donors (Lipinski definition) is 2. The molecular formula is C26H26BClF3N2O2-. The average Bonchev–Trinajstić information content (AvgIpc) is 2.83. The summed E-state index contributed by atoms with van der Waals surface area (Å²) in [5, 5.41) is 21.4. The number of aliphatic hydroxyl groups excluding tert-OH is 2. The minimum absolute atomic E-state index is 0. The second-order valence-electron chi connectivity index (χ2n) is 7.69. The topological polar surface area (TPSA) is 66.2 Å². The molecule has 0 radical (unpaired) electrons. The van der Waals surface area contributed by atoms with Crippen LogP contribution in [-0.4, -0.2) is 27.2 Å². The van der Waals surface area contributed by atoms with Gasteiger partial charge in [-0.05, 0) is 61.4 Å². The van der Waals surface area contributed by atoms with Crippen molar-refractivity contribution in [2.24, 2.45) is 0 Å². The fourth-order valence-electron chi connectivity index (χ4n) is 2.89. The van der Waals surface area contributed by atoms with Gasteiger partial charge < -0.3 is 23.2 Å². The summed E-state index contributed by atoms with van der Waals surface area (Å²) in [4.78, 5) is 8.58. The molecule has 0 fully saturated rings. The molecule has 0 saturated carbocycles. The number of rotatable bonds is 4. The van der Waals surface area contributed by atoms with Crippen LogP contribution in [0.3, 0.4) is 0 Å². The maximum absolute atomic E-state index is 10.7. The molecule has 0 aliphatic rings. The third-order valence-electron chi connectivity index (χ3n) is 4.86. The fourth-order valence-corrected chi connectivity index (χ4v) is 3.05. The first-order chi connectivity index (χ1) is 16.4. The minimum Gasteiger partial charge on any atom is -0.445 e. The van der Waals surface area contributed by atoms with Gasteiger partial charge in [0.1, 0.15) is 5.15 Å². The molecule has 0 aliphatic heterocycles. The molecule has 4 aromatic rings. The van der Waals surface area contributed by atoms with Gasteiger partial charge in [0.05, 0.1) is 28.9 Å². The molecule has 2 heterocycles. The summed E-state index contributed by atoms with van der Waals surface area (Å²) < 4.78 is 32.2. The monoisotopic (exact) mass is 501 g/mol. The second kappa shape index (κ2) is 12.5. The second-order valence-corrected chi connectivity index (χ2v) is 8.08. The minimum atomic E-state index is -4.72. The van der Waals surface area contributed by atoms with Crippen LogP contribution in [0.5, 0.6) is 0 Å². The van der Waals surface area contributed by atoms with Gasteiger partial charge in [-0.25, -0.2) is 9.97 Å². The third kappa shape index (κ3) is 8.83. The largest absolute Gasteiger partial charge is 0.501 e. The molecule has 0 spiro atoms. The first-order valence-electron chi connectivity index (χ1n) is 10.7. The Hall–Kier alpha value is -3.20. The lowest BCUT2D eigenvalue weighted by Gasteiger charge is -2.06. The normalized spacial score (nSPS) is 12.6. The van der Waals surface area contributed by atoms with E-state index in [1.807, 2.05) is 54.6 Å². The summed E-state index contributed by atoms with van der Waals surface area (Å²) >= 11 is 5.78. The van der Waals surface area contributed by atoms with E-state index in [0.717, 1.165) is 38.6 Å². The molecule has 2 N–H and O–H groups in total. The van der Waals surface area contributed by atoms with E-state index in [0.29, 0.717) is 5.15 Å². The summed E-state index contributed by atoms with van der Waals surface area (Å²) in [5.74, 6) is 0. The van der Waals surface area contributed by atoms with Crippen molar-refractivity contribution in [1.82, 2.24) is 9.97 Å². The summed E-state index contributed by atoms with van der Waals surface area (Å²) in [6.45, 7) is 4.97. The SMILES string of the molecule is C=C[B-](F)(F)F.C=Cc1ccc2ccc([C@@H](C)O)cc2n1.C[C@@H](O)c1ccc2ccc(Cl)nc2c1. The standard InChI is InChI=1S/C13H13NO.C11H10ClNO.C2H3BF3/c1-3-12-7-6-10-4-5-11(9(2)15)8-13(10)14-12;1-7(14)9-3-2-8-4-5-11(12)13-10(8)6-9;1-2-3(4,5)6/h3-9,15H,1H2,2H3;2-7,14H,1H3;2H,1H2/q;;-1/t9-;7-;/m11./s1. The Morgan fingerprint density at radius 1 is 0.800 bits per heavy atom. The molecule has 0 aliphatic carbocycles. The highest BCUT2D eigenvalue weighted by molar-refractivity contribution is 6.64. The van der Waals surface area contributed by atoms with E-state index in [9.17, 15) is 23.2 Å². The number of hydrogen-bond acceptors (Lipinski definition) is 4. The molecular weight excluding hydrogens is 476 g/mol. The molecule has 9 heteroatoms. The van der Waals surface area contributed by atoms with Crippen molar-refractivity contribution in [2.75, 3.05) is 0 Å². The van der Waals surface area contributed by atoms with Crippen molar-refractivity contribution >= 4 is 46.5 Å². The molecule has 2 aromatic carbocycles. The lowest BCUT2D eigenvalue weighted by atomic mass is 9.94. The molecule has 2 atom stereocenters. The zero-order valence-electron chi connectivity index (χ0n) is 19.4. The number of benzene rings is 2. The number of pyridine rings is 2. The molecule has 2 aromatic heterocycles. The zero-order valence-corrected chi connectivity index (χ0v) is 20.1. The fraction of sp³-hybridized carbons (Fsp3) is 0.154. The van der Waals surface area contributed by atoms with Crippen LogP contribution in [-0.2, 0) is 0 Å². The van der Waals surface area contributed by atoms with Crippen LogP contribution < -0.4 is 0 Å². The van der Waals surface area contributed by atoms with E-state index >= 15 is 0 Å². The van der Waals surface area contributed by atoms with E-state index in [2.05, 4.69) is 23.1 Å². The first kappa shape index (κ1) is 28.0. The van der Waals surface area contributed by atoms with E-state index < -0.39 is 19.2 Å². The van der Waals surface area contributed by atoms with Crippen molar-refractivity contribution in [3.8, 4) is 0 Å². The predicted octanol–water partition coefficient (Wildman–Crippen LogP) is 7.43. The number of nitrogens with zero attached hydrogens (tertiary/aromatic N) is 2. The molecule has 4 nitrogen and oxygen atoms in total. The van der Waals surface area contributed by atoms with Crippen molar-refractivity contribution in [1.29, 1.82) is 0 Å². The molecule has 0 amide bonds. The van der Waals surface area contributed by atoms with Gasteiger partial charge in [0.15, 0.2) is 0 Å². The zero-order chi connectivity index (χ0) is 26.2. The van der Waals surface area contributed by atoms with Crippen LogP contribution in [0.25, 0.3) is 27.9 Å². The Morgan fingerprint density at radius 2 is 1.23 bits per heavy atom. The Morgan fingerprint density at radius 3 is 1.66 bits per heavy atom. The van der Waals surface area contributed by atoms with E-state index in [1.54, 1.807) is 26.0 Å². The van der Waals surface area contributed by atoms with Crippen LogP contribution in [0.1, 0.15) is 42.9 Å². The lowest BCUT2D eigenvalue weighted by molar-refractivity contribution is 0.199. The number of aromatic nitrogens is 2. The van der Waals surface area contributed by atoms with Crippen LogP contribution in [0.4, 0.5) is 12.9 Å². The maximum Gasteiger partial charge on any atom is 0.501 e. The Bertz CT molecular complexity index is 1310. The predicted molar refractivity (Wildman–Crippen MR) is 139 cm³/mol. The smallest absolute Gasteiger partial charge is 0.445 e. The third-order valence-corrected chi connectivity index (χ3v) is 5.07. The van der Waals surface area contributed by atoms with Crippen molar-refractivity contribution in [2.45, 2.75) is 26.1 Å². The van der Waals surface area contributed by atoms with Gasteiger partial charge in [0.25, 0.3) is 0 Å². The van der Waals surface area contributed by atoms with Gasteiger partial charge in [0.2, 0.25) is 0 Å². The van der Waals surface area contributed by atoms with Gasteiger partial charge >= 0.3 is 6.98 Å². The maximum atomic E-state index is 10.7. The Kier molecular flexibility index (Phi) is 10.0. The highest BCUT2D eigenvalue weighted by atomic mass is 35.5. The summed E-state index contributed by atoms with van der Waals surface area (Å²) in [7, 11) is 0. The van der Waals surface area contributed by atoms with Crippen LogP contribution in [0, 0.1) is 0 Å². The Balaban J connectivity index is 0.000000202. The quantitative estimate of drug-likeness (QED) is 0.225. The number of halogens is 4. The van der Waals surface area contributed by atoms with Gasteiger partial charge in [0, 0.05) is 10.8 Å². The number of fused-ring (bicyclic) bond motifs is 2. The molecule has 0 saturated heterocycles. The van der Waals surface area contributed by atoms with Crippen molar-refractivity contribution < 1.29 is 23.2 Å². The number of aliphatic hydroxyl groups is 2. The van der Waals surface area contributed by atoms with E-state index in [4.69, 9.17) is 11.6 Å². The summed E-state index contributed by atoms with van der Waals surface area (Å²) in [5.41, 5.74) is 4.30. The summed E-state index contributed by atoms with van der Waals surface area (Å²) in [6.07, 6.45) is 0.790. The Labute approximate surface area is 207 Å². The van der Waals surface area contributed by atoms with Crippen molar-refractivity contribution in [3.63, 3.8) is 0 Å². The van der Waals surface area contributed by atoms with Crippen LogP contribution in [0.15, 0.2) is 79.8 Å². The summed E-state index contributed by atoms with van der Waals surface area (Å²) in [6, 6.07) is 19.1. The van der Waals surface area contributed by atoms with E-state index in [1.165, 1.54) is 0 Å². The van der Waals surface area contributed by atoms with Gasteiger partial charge in [-0.1, -0.05) is 48.5 Å². The lowest BCUT2D eigenvalue weighted by Crippen LogP contribution is -2.08. The van der Waals surface area contributed by atoms with E-state index in [-0.39, 0.29) is 5.98 Å².